The number of nitrogens with zero attached hydrogens (tertiary/aromatic N) is 1. The van der Waals surface area contributed by atoms with Crippen LogP contribution in [0, 0.1) is 3.57 Å². The summed E-state index contributed by atoms with van der Waals surface area (Å²) in [6.07, 6.45) is 1.82. The highest BCUT2D eigenvalue weighted by Crippen LogP contribution is 2.21. The summed E-state index contributed by atoms with van der Waals surface area (Å²) in [7, 11) is 1.66. The standard InChI is InChI=1S/C15H20INO3/c1-19-9-10-20-8-2-6-17-7-5-12-3-4-13(16)11-14(12)15(17)18/h3-4,11H,2,5-10H2,1H3. The van der Waals surface area contributed by atoms with Crippen LogP contribution >= 0.6 is 22.6 Å². The number of carbonyl (C=O) groups is 1. The van der Waals surface area contributed by atoms with Crippen LogP contribution in [0.3, 0.4) is 0 Å². The van der Waals surface area contributed by atoms with E-state index < -0.39 is 0 Å². The summed E-state index contributed by atoms with van der Waals surface area (Å²) < 4.78 is 11.5. The lowest BCUT2D eigenvalue weighted by Gasteiger charge is -2.28. The van der Waals surface area contributed by atoms with Gasteiger partial charge in [-0.2, -0.15) is 0 Å². The molecular weight excluding hydrogens is 369 g/mol. The van der Waals surface area contributed by atoms with Crippen LogP contribution in [0.2, 0.25) is 0 Å². The Hall–Kier alpha value is -0.660. The van der Waals surface area contributed by atoms with Gasteiger partial charge in [-0.25, -0.2) is 0 Å². The van der Waals surface area contributed by atoms with Crippen molar-refractivity contribution in [1.29, 1.82) is 0 Å². The lowest BCUT2D eigenvalue weighted by Crippen LogP contribution is -2.38. The van der Waals surface area contributed by atoms with Gasteiger partial charge in [0, 0.05) is 35.9 Å². The van der Waals surface area contributed by atoms with E-state index in [-0.39, 0.29) is 5.91 Å². The first kappa shape index (κ1) is 15.7. The predicted molar refractivity (Wildman–Crippen MR) is 86.1 cm³/mol. The second-order valence-electron chi connectivity index (χ2n) is 4.80. The van der Waals surface area contributed by atoms with Crippen molar-refractivity contribution in [3.05, 3.63) is 32.9 Å². The quantitative estimate of drug-likeness (QED) is 0.531. The molecule has 0 fully saturated rings. The zero-order valence-corrected chi connectivity index (χ0v) is 13.9. The summed E-state index contributed by atoms with van der Waals surface area (Å²) in [5, 5.41) is 0. The maximum absolute atomic E-state index is 12.4. The molecule has 5 heteroatoms. The largest absolute Gasteiger partial charge is 0.382 e. The maximum atomic E-state index is 12.4. The summed E-state index contributed by atoms with van der Waals surface area (Å²) in [5.74, 6) is 0.154. The Labute approximate surface area is 133 Å². The molecule has 1 aromatic rings. The Morgan fingerprint density at radius 2 is 2.15 bits per heavy atom. The summed E-state index contributed by atoms with van der Waals surface area (Å²) in [6, 6.07) is 6.12. The first-order valence-corrected chi connectivity index (χ1v) is 7.94. The second kappa shape index (κ2) is 7.95. The highest BCUT2D eigenvalue weighted by atomic mass is 127. The van der Waals surface area contributed by atoms with Gasteiger partial charge in [-0.15, -0.1) is 0 Å². The number of ether oxygens (including phenoxy) is 2. The predicted octanol–water partition coefficient (Wildman–Crippen LogP) is 2.34. The van der Waals surface area contributed by atoms with E-state index in [0.717, 1.165) is 35.1 Å². The average Bonchev–Trinajstić information content (AvgIpc) is 2.45. The van der Waals surface area contributed by atoms with E-state index in [4.69, 9.17) is 9.47 Å². The molecule has 4 nitrogen and oxygen atoms in total. The molecule has 0 N–H and O–H groups in total. The number of hydrogen-bond acceptors (Lipinski definition) is 3. The Kier molecular flexibility index (Phi) is 6.25. The van der Waals surface area contributed by atoms with Crippen LogP contribution in [0.25, 0.3) is 0 Å². The smallest absolute Gasteiger partial charge is 0.254 e. The van der Waals surface area contributed by atoms with Gasteiger partial charge in [-0.3, -0.25) is 4.79 Å². The lowest BCUT2D eigenvalue weighted by molar-refractivity contribution is 0.0590. The minimum absolute atomic E-state index is 0.154. The third kappa shape index (κ3) is 4.17. The third-order valence-electron chi connectivity index (χ3n) is 3.39. The van der Waals surface area contributed by atoms with E-state index in [9.17, 15) is 4.79 Å². The molecule has 0 atom stereocenters. The molecule has 20 heavy (non-hydrogen) atoms. The van der Waals surface area contributed by atoms with E-state index in [2.05, 4.69) is 34.7 Å². The monoisotopic (exact) mass is 389 g/mol. The van der Waals surface area contributed by atoms with Crippen molar-refractivity contribution in [3.8, 4) is 0 Å². The number of fused-ring (bicyclic) bond motifs is 1. The van der Waals surface area contributed by atoms with Gasteiger partial charge in [0.05, 0.1) is 13.2 Å². The number of halogens is 1. The summed E-state index contributed by atoms with van der Waals surface area (Å²) in [5.41, 5.74) is 2.03. The molecule has 1 aliphatic heterocycles. The van der Waals surface area contributed by atoms with Gasteiger partial charge in [0.1, 0.15) is 0 Å². The summed E-state index contributed by atoms with van der Waals surface area (Å²) >= 11 is 2.25. The van der Waals surface area contributed by atoms with E-state index >= 15 is 0 Å². The Bertz CT molecular complexity index is 464. The highest BCUT2D eigenvalue weighted by molar-refractivity contribution is 14.1. The fourth-order valence-corrected chi connectivity index (χ4v) is 2.80. The normalized spacial score (nSPS) is 14.5. The molecular formula is C15H20INO3. The van der Waals surface area contributed by atoms with E-state index in [0.29, 0.717) is 19.8 Å². The number of hydrogen-bond donors (Lipinski definition) is 0. The first-order chi connectivity index (χ1) is 9.72. The first-order valence-electron chi connectivity index (χ1n) is 6.87. The molecule has 0 unspecified atom stereocenters. The minimum Gasteiger partial charge on any atom is -0.382 e. The molecule has 0 aromatic heterocycles. The Balaban J connectivity index is 1.82. The van der Waals surface area contributed by atoms with Crippen molar-refractivity contribution in [2.45, 2.75) is 12.8 Å². The number of benzene rings is 1. The van der Waals surface area contributed by atoms with Crippen molar-refractivity contribution in [2.75, 3.05) is 40.0 Å². The van der Waals surface area contributed by atoms with Crippen LogP contribution in [0.4, 0.5) is 0 Å². The third-order valence-corrected chi connectivity index (χ3v) is 4.06. The summed E-state index contributed by atoms with van der Waals surface area (Å²) in [4.78, 5) is 14.3. The molecule has 0 spiro atoms. The SMILES string of the molecule is COCCOCCCN1CCc2ccc(I)cc2C1=O. The van der Waals surface area contributed by atoms with Gasteiger partial charge in [0.15, 0.2) is 0 Å². The van der Waals surface area contributed by atoms with Crippen molar-refractivity contribution < 1.29 is 14.3 Å². The highest BCUT2D eigenvalue weighted by Gasteiger charge is 2.23. The van der Waals surface area contributed by atoms with Crippen LogP contribution in [0.15, 0.2) is 18.2 Å². The van der Waals surface area contributed by atoms with Crippen molar-refractivity contribution in [2.24, 2.45) is 0 Å². The summed E-state index contributed by atoms with van der Waals surface area (Å²) in [6.45, 7) is 3.48. The number of amides is 1. The molecule has 0 bridgehead atoms. The van der Waals surface area contributed by atoms with E-state index in [1.165, 1.54) is 5.56 Å². The molecule has 0 aliphatic carbocycles. The van der Waals surface area contributed by atoms with Crippen LogP contribution in [-0.4, -0.2) is 50.8 Å². The number of rotatable bonds is 7. The van der Waals surface area contributed by atoms with E-state index in [1.807, 2.05) is 11.0 Å². The molecule has 1 aliphatic rings. The zero-order valence-electron chi connectivity index (χ0n) is 11.7. The van der Waals surface area contributed by atoms with Crippen LogP contribution in [0.5, 0.6) is 0 Å². The molecule has 1 amide bonds. The van der Waals surface area contributed by atoms with Gasteiger partial charge in [0.2, 0.25) is 0 Å². The Morgan fingerprint density at radius 3 is 2.95 bits per heavy atom. The molecule has 0 saturated carbocycles. The zero-order chi connectivity index (χ0) is 14.4. The minimum atomic E-state index is 0.154. The molecule has 1 aromatic carbocycles. The van der Waals surface area contributed by atoms with Gasteiger partial charge >= 0.3 is 0 Å². The van der Waals surface area contributed by atoms with Crippen molar-refractivity contribution >= 4 is 28.5 Å². The van der Waals surface area contributed by atoms with Crippen LogP contribution in [0.1, 0.15) is 22.3 Å². The molecule has 0 saturated heterocycles. The van der Waals surface area contributed by atoms with Gasteiger partial charge in [-0.05, 0) is 53.1 Å². The fraction of sp³-hybridized carbons (Fsp3) is 0.533. The Morgan fingerprint density at radius 1 is 1.30 bits per heavy atom. The fourth-order valence-electron chi connectivity index (χ4n) is 2.31. The van der Waals surface area contributed by atoms with Gasteiger partial charge in [0.25, 0.3) is 5.91 Å². The second-order valence-corrected chi connectivity index (χ2v) is 6.05. The van der Waals surface area contributed by atoms with Gasteiger partial charge < -0.3 is 14.4 Å². The van der Waals surface area contributed by atoms with Crippen molar-refractivity contribution in [3.63, 3.8) is 0 Å². The maximum Gasteiger partial charge on any atom is 0.254 e. The van der Waals surface area contributed by atoms with Crippen LogP contribution in [-0.2, 0) is 15.9 Å². The average molecular weight is 389 g/mol. The van der Waals surface area contributed by atoms with Crippen molar-refractivity contribution in [1.82, 2.24) is 4.90 Å². The topological polar surface area (TPSA) is 38.8 Å². The molecule has 0 radical (unpaired) electrons. The molecule has 1 heterocycles. The molecule has 2 rings (SSSR count). The van der Waals surface area contributed by atoms with E-state index in [1.54, 1.807) is 7.11 Å². The van der Waals surface area contributed by atoms with Gasteiger partial charge in [-0.1, -0.05) is 6.07 Å². The lowest BCUT2D eigenvalue weighted by atomic mass is 9.99. The number of methoxy groups -OCH3 is 1. The molecule has 110 valence electrons. The number of carbonyl (C=O) groups excluding carboxylic acids is 1. The van der Waals surface area contributed by atoms with Crippen LogP contribution < -0.4 is 0 Å².